The van der Waals surface area contributed by atoms with Gasteiger partial charge in [-0.2, -0.15) is 0 Å². The van der Waals surface area contributed by atoms with Crippen LogP contribution in [-0.2, 0) is 16.0 Å². The molecule has 0 bridgehead atoms. The molecule has 0 aliphatic heterocycles. The van der Waals surface area contributed by atoms with E-state index in [0.29, 0.717) is 11.1 Å². The highest BCUT2D eigenvalue weighted by Crippen LogP contribution is 2.27. The molecule has 0 saturated carbocycles. The third kappa shape index (κ3) is 8.84. The van der Waals surface area contributed by atoms with E-state index in [9.17, 15) is 18.8 Å². The number of fused-ring (bicyclic) bond motifs is 1. The second-order valence-corrected chi connectivity index (χ2v) is 12.4. The summed E-state index contributed by atoms with van der Waals surface area (Å²) in [5.41, 5.74) is 3.81. The topological polar surface area (TPSA) is 113 Å². The van der Waals surface area contributed by atoms with E-state index in [1.54, 1.807) is 27.0 Å². The maximum atomic E-state index is 14.5. The van der Waals surface area contributed by atoms with E-state index in [1.165, 1.54) is 30.1 Å². The monoisotopic (exact) mass is 616 g/mol. The van der Waals surface area contributed by atoms with Crippen LogP contribution in [-0.4, -0.2) is 41.3 Å². The van der Waals surface area contributed by atoms with E-state index in [-0.39, 0.29) is 36.2 Å². The minimum atomic E-state index is -0.674. The first-order valence-corrected chi connectivity index (χ1v) is 14.8. The first-order valence-electron chi connectivity index (χ1n) is 14.8. The van der Waals surface area contributed by atoms with Crippen LogP contribution in [0, 0.1) is 12.7 Å². The number of nitrogens with one attached hydrogen (secondary N) is 3. The number of amides is 2. The number of anilines is 2. The lowest BCUT2D eigenvalue weighted by molar-refractivity contribution is 0.0283. The maximum Gasteiger partial charge on any atom is 0.411 e. The zero-order valence-electron chi connectivity index (χ0n) is 26.8. The number of carbonyl (C=O) groups excluding carboxylic acids is 2. The van der Waals surface area contributed by atoms with Crippen LogP contribution in [0.3, 0.4) is 0 Å². The molecular formula is C35H41FN4O5. The van der Waals surface area contributed by atoms with Crippen molar-refractivity contribution in [3.05, 3.63) is 105 Å². The highest BCUT2D eigenvalue weighted by Gasteiger charge is 2.21. The summed E-state index contributed by atoms with van der Waals surface area (Å²) in [6.07, 6.45) is 0.396. The number of nitrogens with zero attached hydrogens (tertiary/aromatic N) is 1. The molecule has 238 valence electrons. The van der Waals surface area contributed by atoms with Crippen molar-refractivity contribution in [1.82, 2.24) is 9.88 Å². The lowest BCUT2D eigenvalue weighted by Gasteiger charge is -2.25. The second-order valence-electron chi connectivity index (χ2n) is 12.4. The van der Waals surface area contributed by atoms with Crippen molar-refractivity contribution >= 4 is 34.3 Å². The van der Waals surface area contributed by atoms with E-state index >= 15 is 0 Å². The zero-order valence-corrected chi connectivity index (χ0v) is 26.8. The van der Waals surface area contributed by atoms with Crippen LogP contribution < -0.4 is 16.2 Å². The first kappa shape index (κ1) is 33.0. The van der Waals surface area contributed by atoms with Gasteiger partial charge < -0.3 is 24.7 Å². The SMILES string of the molecule is Cc1cc(C(C)Nc2ccc3cc[nH]c(=O)c3c2)ccc1C(C)COC(=O)Nc1ccc(F)c(CN(C)C(=O)OC(C)(C)C)c1. The van der Waals surface area contributed by atoms with Gasteiger partial charge in [0.2, 0.25) is 0 Å². The molecule has 45 heavy (non-hydrogen) atoms. The number of pyridine rings is 1. The van der Waals surface area contributed by atoms with Gasteiger partial charge in [-0.25, -0.2) is 14.0 Å². The van der Waals surface area contributed by atoms with Crippen molar-refractivity contribution in [1.29, 1.82) is 0 Å². The Labute approximate surface area is 262 Å². The fourth-order valence-electron chi connectivity index (χ4n) is 5.01. The van der Waals surface area contributed by atoms with E-state index < -0.39 is 23.6 Å². The summed E-state index contributed by atoms with van der Waals surface area (Å²) in [5.74, 6) is -0.583. The summed E-state index contributed by atoms with van der Waals surface area (Å²) in [6.45, 7) is 11.4. The van der Waals surface area contributed by atoms with Gasteiger partial charge in [0.25, 0.3) is 5.56 Å². The number of H-pyrrole nitrogens is 1. The average molecular weight is 617 g/mol. The van der Waals surface area contributed by atoms with Gasteiger partial charge in [0.05, 0.1) is 13.2 Å². The Bertz CT molecular complexity index is 1750. The van der Waals surface area contributed by atoms with Gasteiger partial charge in [-0.3, -0.25) is 10.1 Å². The van der Waals surface area contributed by atoms with Crippen LogP contribution in [0.15, 0.2) is 71.7 Å². The Morgan fingerprint density at radius 2 is 1.73 bits per heavy atom. The Hall–Kier alpha value is -4.86. The number of ether oxygens (including phenoxy) is 2. The van der Waals surface area contributed by atoms with E-state index in [2.05, 4.69) is 28.6 Å². The van der Waals surface area contributed by atoms with Gasteiger partial charge >= 0.3 is 12.2 Å². The molecule has 0 fully saturated rings. The van der Waals surface area contributed by atoms with Crippen molar-refractivity contribution in [3.8, 4) is 0 Å². The fraction of sp³-hybridized carbons (Fsp3) is 0.343. The summed E-state index contributed by atoms with van der Waals surface area (Å²) in [6, 6.07) is 17.9. The minimum Gasteiger partial charge on any atom is -0.449 e. The third-order valence-corrected chi connectivity index (χ3v) is 7.35. The van der Waals surface area contributed by atoms with E-state index in [1.807, 2.05) is 50.2 Å². The van der Waals surface area contributed by atoms with Crippen molar-refractivity contribution < 1.29 is 23.5 Å². The Morgan fingerprint density at radius 1 is 1.00 bits per heavy atom. The van der Waals surface area contributed by atoms with Crippen LogP contribution in [0.25, 0.3) is 10.8 Å². The third-order valence-electron chi connectivity index (χ3n) is 7.35. The average Bonchev–Trinajstić information content (AvgIpc) is 2.97. The largest absolute Gasteiger partial charge is 0.449 e. The summed E-state index contributed by atoms with van der Waals surface area (Å²) in [5, 5.41) is 7.62. The summed E-state index contributed by atoms with van der Waals surface area (Å²) in [7, 11) is 1.52. The summed E-state index contributed by atoms with van der Waals surface area (Å²) in [4.78, 5) is 41.0. The van der Waals surface area contributed by atoms with Crippen LogP contribution in [0.5, 0.6) is 0 Å². The quantitative estimate of drug-likeness (QED) is 0.176. The van der Waals surface area contributed by atoms with Gasteiger partial charge in [-0.1, -0.05) is 31.2 Å². The van der Waals surface area contributed by atoms with Gasteiger partial charge in [-0.15, -0.1) is 0 Å². The van der Waals surface area contributed by atoms with Gasteiger partial charge in [0.15, 0.2) is 0 Å². The molecule has 4 rings (SSSR count). The zero-order chi connectivity index (χ0) is 32.9. The molecule has 1 aromatic heterocycles. The van der Waals surface area contributed by atoms with Crippen LogP contribution in [0.2, 0.25) is 0 Å². The molecule has 9 nitrogen and oxygen atoms in total. The predicted molar refractivity (Wildman–Crippen MR) is 175 cm³/mol. The van der Waals surface area contributed by atoms with Crippen LogP contribution >= 0.6 is 0 Å². The lowest BCUT2D eigenvalue weighted by Crippen LogP contribution is -2.34. The fourth-order valence-corrected chi connectivity index (χ4v) is 5.01. The number of aromatic amines is 1. The smallest absolute Gasteiger partial charge is 0.411 e. The van der Waals surface area contributed by atoms with Crippen molar-refractivity contribution in [2.75, 3.05) is 24.3 Å². The Kier molecular flexibility index (Phi) is 10.2. The first-order chi connectivity index (χ1) is 21.2. The molecule has 1 heterocycles. The predicted octanol–water partition coefficient (Wildman–Crippen LogP) is 7.87. The number of hydrogen-bond donors (Lipinski definition) is 3. The molecule has 2 amide bonds. The molecule has 10 heteroatoms. The maximum absolute atomic E-state index is 14.5. The molecule has 4 aromatic rings. The molecule has 0 spiro atoms. The molecule has 0 aliphatic rings. The second kappa shape index (κ2) is 13.8. The van der Waals surface area contributed by atoms with Crippen LogP contribution in [0.1, 0.15) is 68.8 Å². The van der Waals surface area contributed by atoms with Gasteiger partial charge in [0, 0.05) is 47.5 Å². The molecule has 3 aromatic carbocycles. The van der Waals surface area contributed by atoms with Crippen molar-refractivity contribution in [3.63, 3.8) is 0 Å². The van der Waals surface area contributed by atoms with E-state index in [0.717, 1.165) is 27.8 Å². The minimum absolute atomic E-state index is 0.0140. The number of hydrogen-bond acceptors (Lipinski definition) is 6. The normalized spacial score (nSPS) is 12.7. The van der Waals surface area contributed by atoms with Crippen molar-refractivity contribution in [2.24, 2.45) is 0 Å². The number of benzene rings is 3. The Morgan fingerprint density at radius 3 is 2.44 bits per heavy atom. The number of rotatable bonds is 9. The molecular weight excluding hydrogens is 575 g/mol. The number of aromatic nitrogens is 1. The van der Waals surface area contributed by atoms with Crippen molar-refractivity contribution in [2.45, 2.75) is 65.6 Å². The standard InChI is InChI=1S/C35H41FN4O5/c1-21-16-25(23(3)38-28-10-8-24-14-15-37-32(41)30(24)18-28)9-12-29(21)22(2)20-44-33(42)39-27-11-13-31(36)26(17-27)19-40(7)34(43)45-35(4,5)6/h8-18,22-23,38H,19-20H2,1-7H3,(H,37,41)(H,39,42). The van der Waals surface area contributed by atoms with E-state index in [4.69, 9.17) is 9.47 Å². The Balaban J connectivity index is 1.32. The molecule has 2 atom stereocenters. The van der Waals surface area contributed by atoms with Crippen LogP contribution in [0.4, 0.5) is 25.4 Å². The molecule has 2 unspecified atom stereocenters. The molecule has 3 N–H and O–H groups in total. The summed E-state index contributed by atoms with van der Waals surface area (Å²) < 4.78 is 25.3. The van der Waals surface area contributed by atoms with Gasteiger partial charge in [-0.05, 0) is 93.1 Å². The number of halogens is 1. The number of aryl methyl sites for hydroxylation is 1. The number of carbonyl (C=O) groups is 2. The molecule has 0 saturated heterocycles. The lowest BCUT2D eigenvalue weighted by atomic mass is 9.93. The highest BCUT2D eigenvalue weighted by atomic mass is 19.1. The molecule has 0 radical (unpaired) electrons. The van der Waals surface area contributed by atoms with Gasteiger partial charge in [0.1, 0.15) is 11.4 Å². The molecule has 0 aliphatic carbocycles. The highest BCUT2D eigenvalue weighted by molar-refractivity contribution is 5.85. The summed E-state index contributed by atoms with van der Waals surface area (Å²) >= 11 is 0.